The molecule has 1 N–H and O–H groups in total. The van der Waals surface area contributed by atoms with Gasteiger partial charge in [-0.05, 0) is 54.8 Å². The van der Waals surface area contributed by atoms with Gasteiger partial charge >= 0.3 is 0 Å². The standard InChI is InChI=1S/C25H22BrNO6/c1-31-17-7-4-14(5-8-17)22-21(24(29)25(30)27(22)13-18-3-2-10-32-18)23(28)20-12-15-11-16(26)6-9-19(15)33-20/h4-9,11-12,18,22,29H,2-3,10,13H2,1H3. The van der Waals surface area contributed by atoms with E-state index in [0.717, 1.165) is 22.7 Å². The van der Waals surface area contributed by atoms with Gasteiger partial charge in [0.2, 0.25) is 5.78 Å². The summed E-state index contributed by atoms with van der Waals surface area (Å²) in [4.78, 5) is 28.2. The van der Waals surface area contributed by atoms with Crippen molar-refractivity contribution in [3.8, 4) is 5.75 Å². The zero-order chi connectivity index (χ0) is 23.1. The van der Waals surface area contributed by atoms with Crippen LogP contribution in [0.15, 0.2) is 68.8 Å². The van der Waals surface area contributed by atoms with Crippen molar-refractivity contribution in [1.82, 2.24) is 4.90 Å². The molecule has 1 aromatic heterocycles. The summed E-state index contributed by atoms with van der Waals surface area (Å²) in [6.07, 6.45) is 1.60. The number of rotatable bonds is 6. The third-order valence-electron chi connectivity index (χ3n) is 6.11. The zero-order valence-corrected chi connectivity index (χ0v) is 19.5. The molecule has 0 radical (unpaired) electrons. The molecule has 170 valence electrons. The quantitative estimate of drug-likeness (QED) is 0.470. The number of nitrogens with zero attached hydrogens (tertiary/aromatic N) is 1. The highest BCUT2D eigenvalue weighted by molar-refractivity contribution is 9.10. The Morgan fingerprint density at radius 1 is 1.21 bits per heavy atom. The van der Waals surface area contributed by atoms with Gasteiger partial charge in [-0.3, -0.25) is 9.59 Å². The number of hydrogen-bond acceptors (Lipinski definition) is 6. The summed E-state index contributed by atoms with van der Waals surface area (Å²) in [6.45, 7) is 0.920. The lowest BCUT2D eigenvalue weighted by atomic mass is 9.94. The molecule has 2 atom stereocenters. The molecule has 1 saturated heterocycles. The van der Waals surface area contributed by atoms with E-state index in [-0.39, 0.29) is 24.0 Å². The topological polar surface area (TPSA) is 89.2 Å². The second-order valence-corrected chi connectivity index (χ2v) is 9.07. The Bertz CT molecular complexity index is 1260. The number of furan rings is 1. The van der Waals surface area contributed by atoms with Crippen molar-refractivity contribution in [2.75, 3.05) is 20.3 Å². The number of aliphatic hydroxyl groups excluding tert-OH is 1. The molecule has 2 aromatic carbocycles. The van der Waals surface area contributed by atoms with Crippen molar-refractivity contribution in [3.63, 3.8) is 0 Å². The SMILES string of the molecule is COc1ccc(C2C(C(=O)c3cc4cc(Br)ccc4o3)=C(O)C(=O)N2CC2CCCO2)cc1. The molecule has 0 aliphatic carbocycles. The summed E-state index contributed by atoms with van der Waals surface area (Å²) < 4.78 is 17.6. The van der Waals surface area contributed by atoms with Crippen LogP contribution in [-0.4, -0.2) is 48.1 Å². The summed E-state index contributed by atoms with van der Waals surface area (Å²) in [7, 11) is 1.57. The molecule has 5 rings (SSSR count). The van der Waals surface area contributed by atoms with E-state index in [1.54, 1.807) is 43.5 Å². The molecule has 33 heavy (non-hydrogen) atoms. The first-order chi connectivity index (χ1) is 16.0. The third-order valence-corrected chi connectivity index (χ3v) is 6.60. The summed E-state index contributed by atoms with van der Waals surface area (Å²) in [5, 5.41) is 11.6. The number of ether oxygens (including phenoxy) is 2. The Morgan fingerprint density at radius 2 is 2.00 bits per heavy atom. The van der Waals surface area contributed by atoms with E-state index in [0.29, 0.717) is 23.5 Å². The van der Waals surface area contributed by atoms with Gasteiger partial charge in [0.15, 0.2) is 11.5 Å². The molecule has 2 unspecified atom stereocenters. The highest BCUT2D eigenvalue weighted by Crippen LogP contribution is 2.40. The van der Waals surface area contributed by atoms with Gasteiger partial charge in [0, 0.05) is 23.0 Å². The molecule has 0 spiro atoms. The monoisotopic (exact) mass is 511 g/mol. The maximum Gasteiger partial charge on any atom is 0.290 e. The molecular weight excluding hydrogens is 490 g/mol. The van der Waals surface area contributed by atoms with Gasteiger partial charge in [-0.25, -0.2) is 0 Å². The molecule has 2 aliphatic heterocycles. The van der Waals surface area contributed by atoms with E-state index in [1.807, 2.05) is 12.1 Å². The van der Waals surface area contributed by atoms with Crippen molar-refractivity contribution in [3.05, 3.63) is 75.7 Å². The number of ketones is 1. The minimum Gasteiger partial charge on any atom is -0.503 e. The van der Waals surface area contributed by atoms with Gasteiger partial charge in [-0.1, -0.05) is 28.1 Å². The lowest BCUT2D eigenvalue weighted by molar-refractivity contribution is -0.131. The second kappa shape index (κ2) is 8.68. The molecule has 0 bridgehead atoms. The first-order valence-electron chi connectivity index (χ1n) is 10.7. The van der Waals surface area contributed by atoms with E-state index in [9.17, 15) is 14.7 Å². The summed E-state index contributed by atoms with van der Waals surface area (Å²) in [5.41, 5.74) is 1.23. The molecule has 3 aromatic rings. The van der Waals surface area contributed by atoms with Gasteiger partial charge in [-0.2, -0.15) is 0 Å². The lowest BCUT2D eigenvalue weighted by Crippen LogP contribution is -2.37. The van der Waals surface area contributed by atoms with Crippen molar-refractivity contribution in [2.45, 2.75) is 25.0 Å². The maximum atomic E-state index is 13.6. The Balaban J connectivity index is 1.56. The average Bonchev–Trinajstić information content (AvgIpc) is 3.54. The number of carbonyl (C=O) groups is 2. The van der Waals surface area contributed by atoms with Crippen LogP contribution >= 0.6 is 15.9 Å². The normalized spacial score (nSPS) is 20.8. The first kappa shape index (κ1) is 21.7. The highest BCUT2D eigenvalue weighted by Gasteiger charge is 2.45. The summed E-state index contributed by atoms with van der Waals surface area (Å²) in [6, 6.07) is 13.4. The van der Waals surface area contributed by atoms with E-state index in [4.69, 9.17) is 13.9 Å². The van der Waals surface area contributed by atoms with Crippen LogP contribution in [0.5, 0.6) is 5.75 Å². The predicted molar refractivity (Wildman–Crippen MR) is 124 cm³/mol. The molecule has 0 saturated carbocycles. The van der Waals surface area contributed by atoms with Crippen LogP contribution in [-0.2, 0) is 9.53 Å². The van der Waals surface area contributed by atoms with Crippen molar-refractivity contribution < 1.29 is 28.6 Å². The predicted octanol–water partition coefficient (Wildman–Crippen LogP) is 4.96. The number of hydrogen-bond donors (Lipinski definition) is 1. The molecule has 8 heteroatoms. The second-order valence-electron chi connectivity index (χ2n) is 8.15. The molecule has 3 heterocycles. The number of fused-ring (bicyclic) bond motifs is 1. The van der Waals surface area contributed by atoms with Crippen LogP contribution in [0, 0.1) is 0 Å². The summed E-state index contributed by atoms with van der Waals surface area (Å²) in [5.74, 6) is -0.953. The number of halogens is 1. The largest absolute Gasteiger partial charge is 0.503 e. The van der Waals surface area contributed by atoms with E-state index < -0.39 is 23.5 Å². The van der Waals surface area contributed by atoms with Crippen LogP contribution in [0.1, 0.15) is 35.0 Å². The number of Topliss-reactive ketones (excluding diaryl/α,β-unsaturated/α-hetero) is 1. The van der Waals surface area contributed by atoms with Gasteiger partial charge in [-0.15, -0.1) is 0 Å². The number of amides is 1. The molecule has 7 nitrogen and oxygen atoms in total. The van der Waals surface area contributed by atoms with Crippen molar-refractivity contribution in [1.29, 1.82) is 0 Å². The van der Waals surface area contributed by atoms with Crippen LogP contribution in [0.4, 0.5) is 0 Å². The maximum absolute atomic E-state index is 13.6. The van der Waals surface area contributed by atoms with Crippen LogP contribution < -0.4 is 4.74 Å². The smallest absolute Gasteiger partial charge is 0.290 e. The Morgan fingerprint density at radius 3 is 2.70 bits per heavy atom. The van der Waals surface area contributed by atoms with E-state index in [1.165, 1.54) is 4.90 Å². The van der Waals surface area contributed by atoms with Gasteiger partial charge in [0.05, 0.1) is 24.8 Å². The van der Waals surface area contributed by atoms with Crippen molar-refractivity contribution in [2.24, 2.45) is 0 Å². The lowest BCUT2D eigenvalue weighted by Gasteiger charge is -2.28. The fourth-order valence-corrected chi connectivity index (χ4v) is 4.85. The minimum atomic E-state index is -0.764. The van der Waals surface area contributed by atoms with Crippen LogP contribution in [0.25, 0.3) is 11.0 Å². The first-order valence-corrected chi connectivity index (χ1v) is 11.5. The van der Waals surface area contributed by atoms with Gasteiger partial charge in [0.25, 0.3) is 5.91 Å². The van der Waals surface area contributed by atoms with E-state index in [2.05, 4.69) is 15.9 Å². The highest BCUT2D eigenvalue weighted by atomic mass is 79.9. The minimum absolute atomic E-state index is 0.00119. The fraction of sp³-hybridized carbons (Fsp3) is 0.280. The third kappa shape index (κ3) is 3.94. The molecule has 2 aliphatic rings. The van der Waals surface area contributed by atoms with Gasteiger partial charge in [0.1, 0.15) is 11.3 Å². The molecular formula is C25H22BrNO6. The van der Waals surface area contributed by atoms with E-state index >= 15 is 0 Å². The number of carbonyl (C=O) groups excluding carboxylic acids is 2. The number of methoxy groups -OCH3 is 1. The van der Waals surface area contributed by atoms with Crippen LogP contribution in [0.2, 0.25) is 0 Å². The molecule has 1 amide bonds. The van der Waals surface area contributed by atoms with Gasteiger partial charge < -0.3 is 23.9 Å². The number of aliphatic hydroxyl groups is 1. The Kier molecular flexibility index (Phi) is 5.72. The summed E-state index contributed by atoms with van der Waals surface area (Å²) >= 11 is 3.41. The fourth-order valence-electron chi connectivity index (χ4n) is 4.47. The Labute approximate surface area is 198 Å². The average molecular weight is 512 g/mol. The number of benzene rings is 2. The molecule has 1 fully saturated rings. The Hall–Kier alpha value is -3.10. The van der Waals surface area contributed by atoms with Crippen molar-refractivity contribution >= 4 is 38.6 Å². The zero-order valence-electron chi connectivity index (χ0n) is 17.9. The van der Waals surface area contributed by atoms with Crippen LogP contribution in [0.3, 0.4) is 0 Å².